The van der Waals surface area contributed by atoms with Crippen molar-refractivity contribution in [1.29, 1.82) is 0 Å². The van der Waals surface area contributed by atoms with E-state index in [2.05, 4.69) is 163 Å². The van der Waals surface area contributed by atoms with Crippen molar-refractivity contribution in [2.24, 2.45) is 0 Å². The fourth-order valence-corrected chi connectivity index (χ4v) is 10.9. The van der Waals surface area contributed by atoms with Crippen molar-refractivity contribution in [1.82, 2.24) is 14.5 Å². The van der Waals surface area contributed by atoms with Crippen LogP contribution in [0.15, 0.2) is 103 Å². The SMILES string of the molecule is CC(C)(C)c1ccnc([Si](C)(C)c2ccc3c(c2)c2cc([Si](C)(C)c4cc(C(C)(C)C)ccn4)ccc2n3-c2ccccc2)c1. The first kappa shape index (κ1) is 31.2. The Balaban J connectivity index is 1.57. The highest BCUT2D eigenvalue weighted by Gasteiger charge is 2.32. The molecule has 0 fully saturated rings. The Hall–Kier alpha value is -3.81. The van der Waals surface area contributed by atoms with E-state index in [9.17, 15) is 0 Å². The summed E-state index contributed by atoms with van der Waals surface area (Å²) in [4.78, 5) is 9.91. The summed E-state index contributed by atoms with van der Waals surface area (Å²) < 4.78 is 2.43. The van der Waals surface area contributed by atoms with Gasteiger partial charge in [-0.15, -0.1) is 0 Å². The summed E-state index contributed by atoms with van der Waals surface area (Å²) >= 11 is 0. The monoisotopic (exact) mass is 625 g/mol. The Bertz CT molecular complexity index is 1900. The molecule has 0 saturated carbocycles. The number of hydrogen-bond acceptors (Lipinski definition) is 2. The summed E-state index contributed by atoms with van der Waals surface area (Å²) in [5.41, 5.74) is 6.53. The highest BCUT2D eigenvalue weighted by atomic mass is 28.3. The van der Waals surface area contributed by atoms with Crippen LogP contribution in [0.25, 0.3) is 27.5 Å². The fraction of sp³-hybridized carbons (Fsp3) is 0.300. The molecule has 0 radical (unpaired) electrons. The largest absolute Gasteiger partial charge is 0.309 e. The molecule has 0 aliphatic heterocycles. The highest BCUT2D eigenvalue weighted by Crippen LogP contribution is 2.32. The molecule has 5 heteroatoms. The Morgan fingerprint density at radius 2 is 0.933 bits per heavy atom. The average Bonchev–Trinajstić information content (AvgIpc) is 3.34. The molecule has 0 bridgehead atoms. The summed E-state index contributed by atoms with van der Waals surface area (Å²) in [6.07, 6.45) is 4.01. The maximum absolute atomic E-state index is 4.96. The van der Waals surface area contributed by atoms with Gasteiger partial charge >= 0.3 is 0 Å². The zero-order valence-corrected chi connectivity index (χ0v) is 30.7. The molecule has 0 aliphatic rings. The van der Waals surface area contributed by atoms with Crippen molar-refractivity contribution in [3.63, 3.8) is 0 Å². The molecule has 0 aliphatic carbocycles. The molecule has 3 aromatic heterocycles. The first-order chi connectivity index (χ1) is 21.1. The molecule has 3 nitrogen and oxygen atoms in total. The van der Waals surface area contributed by atoms with E-state index in [4.69, 9.17) is 9.97 Å². The van der Waals surface area contributed by atoms with Gasteiger partial charge in [0, 0.05) is 39.5 Å². The lowest BCUT2D eigenvalue weighted by molar-refractivity contribution is 0.589. The third-order valence-electron chi connectivity index (χ3n) is 9.76. The van der Waals surface area contributed by atoms with E-state index in [1.807, 2.05) is 12.4 Å². The lowest BCUT2D eigenvalue weighted by Crippen LogP contribution is -2.54. The summed E-state index contributed by atoms with van der Waals surface area (Å²) in [7, 11) is -4.18. The van der Waals surface area contributed by atoms with Gasteiger partial charge in [0.05, 0.1) is 11.0 Å². The van der Waals surface area contributed by atoms with Crippen LogP contribution in [0.1, 0.15) is 52.7 Å². The minimum Gasteiger partial charge on any atom is -0.309 e. The Labute approximate surface area is 271 Å². The van der Waals surface area contributed by atoms with Gasteiger partial charge in [0.15, 0.2) is 0 Å². The molecule has 230 valence electrons. The first-order valence-electron chi connectivity index (χ1n) is 16.2. The second kappa shape index (κ2) is 10.9. The zero-order chi connectivity index (χ0) is 32.4. The predicted octanol–water partition coefficient (Wildman–Crippen LogP) is 7.81. The van der Waals surface area contributed by atoms with E-state index in [-0.39, 0.29) is 10.8 Å². The van der Waals surface area contributed by atoms with Gasteiger partial charge in [-0.3, -0.25) is 9.97 Å². The molecule has 0 unspecified atom stereocenters. The Morgan fingerprint density at radius 1 is 0.511 bits per heavy atom. The van der Waals surface area contributed by atoms with Gasteiger partial charge in [0.25, 0.3) is 0 Å². The summed E-state index contributed by atoms with van der Waals surface area (Å²) in [6.45, 7) is 23.4. The summed E-state index contributed by atoms with van der Waals surface area (Å²) in [5.74, 6) is 0. The van der Waals surface area contributed by atoms with Gasteiger partial charge < -0.3 is 4.57 Å². The predicted molar refractivity (Wildman–Crippen MR) is 200 cm³/mol. The smallest absolute Gasteiger partial charge is 0.135 e. The third kappa shape index (κ3) is 5.61. The molecule has 0 saturated heterocycles. The molecule has 6 rings (SSSR count). The van der Waals surface area contributed by atoms with Crippen LogP contribution in [-0.2, 0) is 10.8 Å². The number of benzene rings is 3. The molecule has 6 aromatic rings. The van der Waals surface area contributed by atoms with Crippen LogP contribution in [-0.4, -0.2) is 30.7 Å². The number of hydrogen-bond donors (Lipinski definition) is 0. The summed E-state index contributed by atoms with van der Waals surface area (Å²) in [6, 6.07) is 34.2. The molecule has 3 aromatic carbocycles. The minimum atomic E-state index is -2.09. The zero-order valence-electron chi connectivity index (χ0n) is 28.7. The normalized spacial score (nSPS) is 13.1. The van der Waals surface area contributed by atoms with Crippen LogP contribution in [0.5, 0.6) is 0 Å². The number of aromatic nitrogens is 3. The van der Waals surface area contributed by atoms with E-state index in [0.717, 1.165) is 0 Å². The fourth-order valence-electron chi connectivity index (χ4n) is 6.43. The summed E-state index contributed by atoms with van der Waals surface area (Å²) in [5, 5.41) is 7.90. The molecule has 0 N–H and O–H groups in total. The topological polar surface area (TPSA) is 30.7 Å². The molecular formula is C40H47N3Si2. The standard InChI is InChI=1S/C40H47N3Si2/c1-39(2,3)28-20-22-41-37(24-28)44(7,8)31-16-18-35-33(26-31)34-27-32(17-19-36(34)43(35)30-14-12-11-13-15-30)45(9,10)38-25-29(21-23-42-38)40(4,5)6/h11-27H,1-10H3. The first-order valence-corrected chi connectivity index (χ1v) is 22.2. The number of pyridine rings is 2. The quantitative estimate of drug-likeness (QED) is 0.183. The lowest BCUT2D eigenvalue weighted by atomic mass is 9.88. The van der Waals surface area contributed by atoms with Gasteiger partial charge in [-0.2, -0.15) is 0 Å². The van der Waals surface area contributed by atoms with Crippen molar-refractivity contribution in [3.05, 3.63) is 115 Å². The van der Waals surface area contributed by atoms with Gasteiger partial charge in [0.2, 0.25) is 0 Å². The number of para-hydroxylation sites is 1. The van der Waals surface area contributed by atoms with Crippen LogP contribution in [0.3, 0.4) is 0 Å². The average molecular weight is 626 g/mol. The van der Waals surface area contributed by atoms with Gasteiger partial charge in [-0.05, 0) is 70.5 Å². The molecule has 0 atom stereocenters. The van der Waals surface area contributed by atoms with E-state index >= 15 is 0 Å². The van der Waals surface area contributed by atoms with Gasteiger partial charge in [-0.1, -0.05) is 121 Å². The van der Waals surface area contributed by atoms with E-state index in [1.54, 1.807) is 0 Å². The van der Waals surface area contributed by atoms with E-state index in [0.29, 0.717) is 0 Å². The Morgan fingerprint density at radius 3 is 1.33 bits per heavy atom. The van der Waals surface area contributed by atoms with E-state index in [1.165, 1.54) is 59.6 Å². The van der Waals surface area contributed by atoms with Crippen LogP contribution < -0.4 is 21.0 Å². The molecule has 0 spiro atoms. The lowest BCUT2D eigenvalue weighted by Gasteiger charge is -2.26. The molecule has 0 amide bonds. The second-order valence-corrected chi connectivity index (χ2v) is 24.4. The van der Waals surface area contributed by atoms with Crippen LogP contribution in [0.4, 0.5) is 0 Å². The second-order valence-electron chi connectivity index (χ2n) is 15.7. The maximum Gasteiger partial charge on any atom is 0.135 e. The Kier molecular flexibility index (Phi) is 7.57. The minimum absolute atomic E-state index is 0.0869. The van der Waals surface area contributed by atoms with Crippen molar-refractivity contribution in [2.75, 3.05) is 0 Å². The van der Waals surface area contributed by atoms with Gasteiger partial charge in [-0.25, -0.2) is 0 Å². The maximum atomic E-state index is 4.96. The molecule has 45 heavy (non-hydrogen) atoms. The van der Waals surface area contributed by atoms with Crippen LogP contribution >= 0.6 is 0 Å². The highest BCUT2D eigenvalue weighted by molar-refractivity contribution is 7.00. The van der Waals surface area contributed by atoms with Crippen LogP contribution in [0, 0.1) is 0 Å². The number of rotatable bonds is 5. The van der Waals surface area contributed by atoms with E-state index < -0.39 is 16.1 Å². The third-order valence-corrected chi connectivity index (χ3v) is 16.4. The van der Waals surface area contributed by atoms with Crippen molar-refractivity contribution < 1.29 is 0 Å². The van der Waals surface area contributed by atoms with Crippen LogP contribution in [0.2, 0.25) is 26.2 Å². The molecular weight excluding hydrogens is 579 g/mol. The number of fused-ring (bicyclic) bond motifs is 3. The number of nitrogens with zero attached hydrogens (tertiary/aromatic N) is 3. The van der Waals surface area contributed by atoms with Crippen molar-refractivity contribution in [2.45, 2.75) is 78.6 Å². The van der Waals surface area contributed by atoms with Crippen molar-refractivity contribution >= 4 is 59.0 Å². The van der Waals surface area contributed by atoms with Crippen molar-refractivity contribution in [3.8, 4) is 5.69 Å². The molecule has 3 heterocycles. The van der Waals surface area contributed by atoms with Gasteiger partial charge in [0.1, 0.15) is 16.1 Å².